The first-order valence-corrected chi connectivity index (χ1v) is 14.9. The summed E-state index contributed by atoms with van der Waals surface area (Å²) < 4.78 is 5.53. The summed E-state index contributed by atoms with van der Waals surface area (Å²) in [6, 6.07) is 33.2. The normalized spacial score (nSPS) is 16.2. The molecule has 1 aliphatic rings. The van der Waals surface area contributed by atoms with Crippen molar-refractivity contribution in [3.8, 4) is 0 Å². The van der Waals surface area contributed by atoms with Gasteiger partial charge in [-0.15, -0.1) is 17.0 Å². The van der Waals surface area contributed by atoms with Crippen LogP contribution in [0.3, 0.4) is 0 Å². The van der Waals surface area contributed by atoms with Crippen molar-refractivity contribution < 1.29 is 4.74 Å². The van der Waals surface area contributed by atoms with Crippen molar-refractivity contribution in [1.29, 1.82) is 0 Å². The van der Waals surface area contributed by atoms with E-state index in [1.165, 1.54) is 15.9 Å². The molecule has 0 radical (unpaired) electrons. The van der Waals surface area contributed by atoms with Crippen LogP contribution in [0.5, 0.6) is 0 Å². The number of rotatable bonds is 7. The van der Waals surface area contributed by atoms with Gasteiger partial charge in [-0.05, 0) is 0 Å². The Bertz CT molecular complexity index is 803. The zero-order valence-electron chi connectivity index (χ0n) is 17.2. The Morgan fingerprint density at radius 3 is 1.50 bits per heavy atom. The van der Waals surface area contributed by atoms with Gasteiger partial charge in [0, 0.05) is 0 Å². The maximum atomic E-state index is 5.53. The van der Waals surface area contributed by atoms with Crippen LogP contribution >= 0.6 is 37.8 Å². The van der Waals surface area contributed by atoms with E-state index >= 15 is 0 Å². The molecule has 0 bridgehead atoms. The fraction of sp³-hybridized carbons (Fsp3) is 0.280. The summed E-state index contributed by atoms with van der Waals surface area (Å²) in [4.78, 5) is 2.54. The summed E-state index contributed by atoms with van der Waals surface area (Å²) in [7, 11) is 0. The van der Waals surface area contributed by atoms with E-state index in [0.29, 0.717) is 0 Å². The van der Waals surface area contributed by atoms with Gasteiger partial charge in [-0.2, -0.15) is 0 Å². The van der Waals surface area contributed by atoms with E-state index in [1.807, 2.05) is 0 Å². The Hall–Kier alpha value is -1.03. The molecule has 0 unspecified atom stereocenters. The third-order valence-corrected chi connectivity index (χ3v) is 16.1. The Labute approximate surface area is 199 Å². The van der Waals surface area contributed by atoms with Crippen LogP contribution in [0.15, 0.2) is 91.0 Å². The van der Waals surface area contributed by atoms with Crippen molar-refractivity contribution in [2.75, 3.05) is 39.0 Å². The van der Waals surface area contributed by atoms with Crippen LogP contribution in [-0.2, 0) is 4.74 Å². The molecule has 1 fully saturated rings. The van der Waals surface area contributed by atoms with Gasteiger partial charge >= 0.3 is 183 Å². The van der Waals surface area contributed by atoms with Gasteiger partial charge in [0.2, 0.25) is 0 Å². The van der Waals surface area contributed by atoms with Gasteiger partial charge in [0.25, 0.3) is 0 Å². The molecule has 4 rings (SSSR count). The van der Waals surface area contributed by atoms with E-state index in [1.54, 1.807) is 0 Å². The standard InChI is InChI=1S/C25H29BrNOP.BrH/c26-29(23-11-4-1-5-12-23,24-13-6-2-7-14-24,25-15-8-3-9-16-25)22-10-17-27-18-20-28-21-19-27;/h1-9,11-16H,10,17-22H2;1H. The summed E-state index contributed by atoms with van der Waals surface area (Å²) in [5.74, 6) is 0. The van der Waals surface area contributed by atoms with Crippen molar-refractivity contribution in [3.63, 3.8) is 0 Å². The van der Waals surface area contributed by atoms with Gasteiger partial charge in [-0.3, -0.25) is 0 Å². The number of morpholine rings is 1. The molecule has 0 aliphatic carbocycles. The average Bonchev–Trinajstić information content (AvgIpc) is 2.81. The number of hydrogen-bond acceptors (Lipinski definition) is 2. The first-order chi connectivity index (χ1) is 14.2. The Kier molecular flexibility index (Phi) is 8.29. The topological polar surface area (TPSA) is 12.5 Å². The fourth-order valence-corrected chi connectivity index (χ4v) is 12.1. The van der Waals surface area contributed by atoms with Crippen molar-refractivity contribution in [2.45, 2.75) is 6.42 Å². The van der Waals surface area contributed by atoms with Gasteiger partial charge in [0.15, 0.2) is 0 Å². The predicted molar refractivity (Wildman–Crippen MR) is 141 cm³/mol. The molecule has 0 spiro atoms. The third-order valence-electron chi connectivity index (χ3n) is 6.04. The molecule has 1 heterocycles. The zero-order chi connectivity index (χ0) is 20.0. The van der Waals surface area contributed by atoms with Crippen LogP contribution in [0.1, 0.15) is 6.42 Å². The second-order valence-corrected chi connectivity index (χ2v) is 16.8. The second kappa shape index (κ2) is 10.5. The molecule has 0 aromatic heterocycles. The van der Waals surface area contributed by atoms with Crippen molar-refractivity contribution >= 4 is 53.7 Å². The molecule has 0 saturated carbocycles. The molecule has 30 heavy (non-hydrogen) atoms. The monoisotopic (exact) mass is 549 g/mol. The SMILES string of the molecule is Br.BrP(CCCN1CCOCC1)(c1ccccc1)(c1ccccc1)c1ccccc1. The molecule has 1 saturated heterocycles. The number of nitrogens with zero attached hydrogens (tertiary/aromatic N) is 1. The van der Waals surface area contributed by atoms with Gasteiger partial charge in [-0.1, -0.05) is 0 Å². The molecule has 2 nitrogen and oxygen atoms in total. The first kappa shape index (κ1) is 23.6. The minimum atomic E-state index is -2.77. The van der Waals surface area contributed by atoms with Crippen molar-refractivity contribution in [2.24, 2.45) is 0 Å². The minimum absolute atomic E-state index is 0. The molecule has 5 heteroatoms. The molecule has 3 aromatic carbocycles. The number of hydrogen-bond donors (Lipinski definition) is 0. The van der Waals surface area contributed by atoms with E-state index in [4.69, 9.17) is 4.74 Å². The third kappa shape index (κ3) is 4.59. The Morgan fingerprint density at radius 2 is 1.10 bits per heavy atom. The number of halogens is 2. The quantitative estimate of drug-likeness (QED) is 0.378. The van der Waals surface area contributed by atoms with E-state index < -0.39 is 5.31 Å². The molecular formula is C25H30Br2NOP. The van der Waals surface area contributed by atoms with E-state index in [-0.39, 0.29) is 17.0 Å². The van der Waals surface area contributed by atoms with Gasteiger partial charge in [0.1, 0.15) is 0 Å². The molecule has 0 amide bonds. The summed E-state index contributed by atoms with van der Waals surface area (Å²) in [6.07, 6.45) is 2.24. The molecule has 0 atom stereocenters. The van der Waals surface area contributed by atoms with Crippen LogP contribution in [0, 0.1) is 0 Å². The van der Waals surface area contributed by atoms with E-state index in [2.05, 4.69) is 111 Å². The summed E-state index contributed by atoms with van der Waals surface area (Å²) in [5, 5.41) is 1.44. The fourth-order valence-electron chi connectivity index (χ4n) is 4.47. The molecule has 3 aromatic rings. The van der Waals surface area contributed by atoms with E-state index in [0.717, 1.165) is 45.4 Å². The van der Waals surface area contributed by atoms with Crippen molar-refractivity contribution in [1.82, 2.24) is 4.90 Å². The summed E-state index contributed by atoms with van der Waals surface area (Å²) in [6.45, 7) is 4.90. The number of benzene rings is 3. The van der Waals surface area contributed by atoms with Crippen LogP contribution < -0.4 is 15.9 Å². The van der Waals surface area contributed by atoms with Gasteiger partial charge < -0.3 is 0 Å². The molecule has 0 N–H and O–H groups in total. The average molecular weight is 551 g/mol. The molecule has 160 valence electrons. The van der Waals surface area contributed by atoms with Crippen LogP contribution in [-0.4, -0.2) is 43.9 Å². The predicted octanol–water partition coefficient (Wildman–Crippen LogP) is 5.13. The van der Waals surface area contributed by atoms with Crippen LogP contribution in [0.25, 0.3) is 0 Å². The second-order valence-electron chi connectivity index (χ2n) is 7.72. The first-order valence-electron chi connectivity index (χ1n) is 10.4. The Balaban J connectivity index is 0.00000256. The zero-order valence-corrected chi connectivity index (χ0v) is 21.4. The Morgan fingerprint density at radius 1 is 0.700 bits per heavy atom. The van der Waals surface area contributed by atoms with Crippen LogP contribution in [0.4, 0.5) is 0 Å². The summed E-state index contributed by atoms with van der Waals surface area (Å²) in [5.41, 5.74) is 0. The molecular weight excluding hydrogens is 521 g/mol. The number of ether oxygens (including phenoxy) is 1. The maximum absolute atomic E-state index is 5.53. The van der Waals surface area contributed by atoms with E-state index in [9.17, 15) is 0 Å². The molecule has 1 aliphatic heterocycles. The van der Waals surface area contributed by atoms with Crippen LogP contribution in [0.2, 0.25) is 0 Å². The van der Waals surface area contributed by atoms with Gasteiger partial charge in [0.05, 0.1) is 0 Å². The van der Waals surface area contributed by atoms with Gasteiger partial charge in [-0.25, -0.2) is 0 Å². The van der Waals surface area contributed by atoms with Crippen molar-refractivity contribution in [3.05, 3.63) is 91.0 Å². The summed E-state index contributed by atoms with van der Waals surface area (Å²) >= 11 is 4.53.